The van der Waals surface area contributed by atoms with E-state index in [0.29, 0.717) is 51.3 Å². The standard InChI is InChI=1S/C29H25ClN2O7S/c1-5-39-18-8-6-7-15(11-18)25(33)23-24(16-12-20(36-2)27(38-4)21(13-16)37-3)32(28(35)26(23)34)29-31-19-10-9-17(30)14-22(19)40-29/h6-14,24,33H,5H2,1-4H3. The third kappa shape index (κ3) is 4.69. The van der Waals surface area contributed by atoms with Crippen LogP contribution in [0.1, 0.15) is 24.1 Å². The van der Waals surface area contributed by atoms with Crippen molar-refractivity contribution < 1.29 is 33.6 Å². The zero-order valence-electron chi connectivity index (χ0n) is 22.1. The fraction of sp³-hybridized carbons (Fsp3) is 0.207. The molecule has 1 aromatic heterocycles. The molecule has 3 aromatic carbocycles. The number of aromatic nitrogens is 1. The Bertz CT molecular complexity index is 1640. The molecule has 1 aliphatic heterocycles. The quantitative estimate of drug-likeness (QED) is 0.154. The number of aliphatic hydroxyl groups excluding tert-OH is 1. The molecule has 0 aliphatic carbocycles. The summed E-state index contributed by atoms with van der Waals surface area (Å²) >= 11 is 7.39. The van der Waals surface area contributed by atoms with Gasteiger partial charge in [-0.15, -0.1) is 0 Å². The number of ether oxygens (including phenoxy) is 4. The summed E-state index contributed by atoms with van der Waals surface area (Å²) in [4.78, 5) is 33.2. The van der Waals surface area contributed by atoms with Gasteiger partial charge in [0.05, 0.1) is 49.8 Å². The molecule has 1 saturated heterocycles. The van der Waals surface area contributed by atoms with Crippen molar-refractivity contribution in [2.24, 2.45) is 0 Å². The minimum atomic E-state index is -1.07. The van der Waals surface area contributed by atoms with Crippen LogP contribution in [0.15, 0.2) is 60.2 Å². The van der Waals surface area contributed by atoms with Crippen LogP contribution in [0, 0.1) is 0 Å². The molecule has 2 heterocycles. The van der Waals surface area contributed by atoms with E-state index in [1.54, 1.807) is 54.6 Å². The number of amides is 1. The molecular weight excluding hydrogens is 556 g/mol. The Morgan fingerprint density at radius 2 is 1.75 bits per heavy atom. The van der Waals surface area contributed by atoms with Gasteiger partial charge in [-0.05, 0) is 55.0 Å². The number of ketones is 1. The molecule has 1 aliphatic rings. The molecule has 40 heavy (non-hydrogen) atoms. The van der Waals surface area contributed by atoms with Gasteiger partial charge in [0, 0.05) is 10.6 Å². The summed E-state index contributed by atoms with van der Waals surface area (Å²) < 4.78 is 22.9. The van der Waals surface area contributed by atoms with Crippen LogP contribution in [-0.4, -0.2) is 49.7 Å². The first-order valence-corrected chi connectivity index (χ1v) is 13.4. The first-order chi connectivity index (χ1) is 19.3. The number of aliphatic hydroxyl groups is 1. The average Bonchev–Trinajstić information content (AvgIpc) is 3.49. The van der Waals surface area contributed by atoms with Crippen molar-refractivity contribution in [2.45, 2.75) is 13.0 Å². The number of Topliss-reactive ketones (excluding diaryl/α,β-unsaturated/α-hetero) is 1. The first-order valence-electron chi connectivity index (χ1n) is 12.2. The van der Waals surface area contributed by atoms with E-state index in [4.69, 9.17) is 30.5 Å². The molecule has 1 atom stereocenters. The van der Waals surface area contributed by atoms with Gasteiger partial charge >= 0.3 is 5.91 Å². The van der Waals surface area contributed by atoms with Crippen molar-refractivity contribution in [1.82, 2.24) is 4.98 Å². The van der Waals surface area contributed by atoms with Gasteiger partial charge < -0.3 is 24.1 Å². The van der Waals surface area contributed by atoms with E-state index in [1.807, 2.05) is 6.92 Å². The zero-order chi connectivity index (χ0) is 28.6. The van der Waals surface area contributed by atoms with Crippen LogP contribution in [0.2, 0.25) is 5.02 Å². The lowest BCUT2D eigenvalue weighted by atomic mass is 9.94. The summed E-state index contributed by atoms with van der Waals surface area (Å²) in [5.41, 5.74) is 1.25. The zero-order valence-corrected chi connectivity index (χ0v) is 23.6. The highest BCUT2D eigenvalue weighted by atomic mass is 35.5. The second-order valence-electron chi connectivity index (χ2n) is 8.70. The maximum Gasteiger partial charge on any atom is 0.301 e. The molecule has 0 spiro atoms. The van der Waals surface area contributed by atoms with Gasteiger partial charge in [0.1, 0.15) is 11.5 Å². The van der Waals surface area contributed by atoms with Gasteiger partial charge in [0.25, 0.3) is 5.78 Å². The van der Waals surface area contributed by atoms with Crippen molar-refractivity contribution in [3.8, 4) is 23.0 Å². The SMILES string of the molecule is CCOc1cccc(C(O)=C2C(=O)C(=O)N(c3nc4ccc(Cl)cc4s3)C2c2cc(OC)c(OC)c(OC)c2)c1. The summed E-state index contributed by atoms with van der Waals surface area (Å²) in [5, 5.41) is 12.3. The van der Waals surface area contributed by atoms with Crippen LogP contribution in [0.4, 0.5) is 5.13 Å². The third-order valence-electron chi connectivity index (χ3n) is 6.41. The van der Waals surface area contributed by atoms with Gasteiger partial charge in [-0.3, -0.25) is 14.5 Å². The second kappa shape index (κ2) is 11.1. The summed E-state index contributed by atoms with van der Waals surface area (Å²) in [6, 6.07) is 14.1. The minimum absolute atomic E-state index is 0.120. The average molecular weight is 581 g/mol. The Morgan fingerprint density at radius 3 is 2.40 bits per heavy atom. The Morgan fingerprint density at radius 1 is 1.02 bits per heavy atom. The Kier molecular flexibility index (Phi) is 7.55. The first kappa shape index (κ1) is 27.3. The largest absolute Gasteiger partial charge is 0.507 e. The van der Waals surface area contributed by atoms with Crippen LogP contribution < -0.4 is 23.8 Å². The van der Waals surface area contributed by atoms with E-state index in [-0.39, 0.29) is 16.5 Å². The summed E-state index contributed by atoms with van der Waals surface area (Å²) in [5.74, 6) is -0.585. The molecule has 9 nitrogen and oxygen atoms in total. The number of rotatable bonds is 8. The number of hydrogen-bond acceptors (Lipinski definition) is 9. The number of nitrogens with zero attached hydrogens (tertiary/aromatic N) is 2. The van der Waals surface area contributed by atoms with Gasteiger partial charge in [-0.2, -0.15) is 0 Å². The van der Waals surface area contributed by atoms with Crippen molar-refractivity contribution in [3.63, 3.8) is 0 Å². The summed E-state index contributed by atoms with van der Waals surface area (Å²) in [6.07, 6.45) is 0. The lowest BCUT2D eigenvalue weighted by Crippen LogP contribution is -2.29. The Balaban J connectivity index is 1.77. The predicted octanol–water partition coefficient (Wildman–Crippen LogP) is 6.00. The van der Waals surface area contributed by atoms with E-state index in [9.17, 15) is 14.7 Å². The number of anilines is 1. The monoisotopic (exact) mass is 580 g/mol. The molecule has 0 bridgehead atoms. The molecule has 206 valence electrons. The summed E-state index contributed by atoms with van der Waals surface area (Å²) in [7, 11) is 4.41. The van der Waals surface area contributed by atoms with E-state index >= 15 is 0 Å². The van der Waals surface area contributed by atoms with Gasteiger partial charge in [-0.1, -0.05) is 35.1 Å². The molecule has 5 rings (SSSR count). The number of benzene rings is 3. The van der Waals surface area contributed by atoms with Crippen LogP contribution >= 0.6 is 22.9 Å². The molecule has 4 aromatic rings. The fourth-order valence-electron chi connectivity index (χ4n) is 4.65. The number of methoxy groups -OCH3 is 3. The number of halogens is 1. The van der Waals surface area contributed by atoms with Crippen molar-refractivity contribution in [1.29, 1.82) is 0 Å². The number of hydrogen-bond donors (Lipinski definition) is 1. The molecule has 1 fully saturated rings. The number of thiazole rings is 1. The van der Waals surface area contributed by atoms with E-state index in [2.05, 4.69) is 4.98 Å². The van der Waals surface area contributed by atoms with Crippen LogP contribution in [-0.2, 0) is 9.59 Å². The third-order valence-corrected chi connectivity index (χ3v) is 7.66. The highest BCUT2D eigenvalue weighted by molar-refractivity contribution is 7.22. The van der Waals surface area contributed by atoms with Crippen LogP contribution in [0.3, 0.4) is 0 Å². The maximum atomic E-state index is 13.6. The summed E-state index contributed by atoms with van der Waals surface area (Å²) in [6.45, 7) is 2.26. The smallest absolute Gasteiger partial charge is 0.301 e. The highest BCUT2D eigenvalue weighted by Gasteiger charge is 2.48. The van der Waals surface area contributed by atoms with Crippen molar-refractivity contribution in [3.05, 3.63) is 76.3 Å². The number of fused-ring (bicyclic) bond motifs is 1. The lowest BCUT2D eigenvalue weighted by molar-refractivity contribution is -0.132. The molecule has 0 radical (unpaired) electrons. The predicted molar refractivity (Wildman–Crippen MR) is 153 cm³/mol. The van der Waals surface area contributed by atoms with E-state index in [1.165, 1.54) is 37.6 Å². The van der Waals surface area contributed by atoms with E-state index in [0.717, 1.165) is 4.70 Å². The van der Waals surface area contributed by atoms with Crippen LogP contribution in [0.5, 0.6) is 23.0 Å². The van der Waals surface area contributed by atoms with Crippen molar-refractivity contribution >= 4 is 55.7 Å². The Labute approximate surface area is 239 Å². The molecule has 1 unspecified atom stereocenters. The highest BCUT2D eigenvalue weighted by Crippen LogP contribution is 2.48. The minimum Gasteiger partial charge on any atom is -0.507 e. The van der Waals surface area contributed by atoms with Crippen molar-refractivity contribution in [2.75, 3.05) is 32.8 Å². The van der Waals surface area contributed by atoms with E-state index < -0.39 is 17.7 Å². The van der Waals surface area contributed by atoms with Gasteiger partial charge in [0.15, 0.2) is 16.6 Å². The number of carbonyl (C=O) groups excluding carboxylic acids is 2. The number of carbonyl (C=O) groups is 2. The molecular formula is C29H25ClN2O7S. The molecule has 1 amide bonds. The van der Waals surface area contributed by atoms with Gasteiger partial charge in [-0.25, -0.2) is 4.98 Å². The molecule has 1 N–H and O–H groups in total. The fourth-order valence-corrected chi connectivity index (χ4v) is 5.92. The second-order valence-corrected chi connectivity index (χ2v) is 10.1. The lowest BCUT2D eigenvalue weighted by Gasteiger charge is -2.24. The molecule has 11 heteroatoms. The molecule has 0 saturated carbocycles. The Hall–Kier alpha value is -4.28. The topological polar surface area (TPSA) is 107 Å². The maximum absolute atomic E-state index is 13.6. The van der Waals surface area contributed by atoms with Gasteiger partial charge in [0.2, 0.25) is 5.75 Å². The normalized spacial score (nSPS) is 16.4. The van der Waals surface area contributed by atoms with Crippen LogP contribution in [0.25, 0.3) is 16.0 Å².